The Morgan fingerprint density at radius 1 is 1.21 bits per heavy atom. The molecule has 6 heteroatoms. The smallest absolute Gasteiger partial charge is 0.254 e. The zero-order valence-corrected chi connectivity index (χ0v) is 15.0. The van der Waals surface area contributed by atoms with Crippen molar-refractivity contribution in [1.82, 2.24) is 14.8 Å². The lowest BCUT2D eigenvalue weighted by molar-refractivity contribution is 0.0585. The van der Waals surface area contributed by atoms with Crippen molar-refractivity contribution in [3.63, 3.8) is 0 Å². The lowest BCUT2D eigenvalue weighted by Gasteiger charge is -2.36. The molecule has 0 N–H and O–H groups in total. The summed E-state index contributed by atoms with van der Waals surface area (Å²) in [5, 5.41) is 2.78. The Hall–Kier alpha value is -1.43. The fourth-order valence-electron chi connectivity index (χ4n) is 3.86. The summed E-state index contributed by atoms with van der Waals surface area (Å²) in [7, 11) is 0. The Morgan fingerprint density at radius 3 is 2.79 bits per heavy atom. The van der Waals surface area contributed by atoms with Gasteiger partial charge in [-0.25, -0.2) is 4.98 Å². The molecule has 24 heavy (non-hydrogen) atoms. The third kappa shape index (κ3) is 3.34. The van der Waals surface area contributed by atoms with Gasteiger partial charge in [0.1, 0.15) is 0 Å². The van der Waals surface area contributed by atoms with Gasteiger partial charge in [0.25, 0.3) is 5.91 Å². The number of thiazole rings is 1. The summed E-state index contributed by atoms with van der Waals surface area (Å²) in [6.45, 7) is 3.74. The third-order valence-corrected chi connectivity index (χ3v) is 5.90. The maximum Gasteiger partial charge on any atom is 0.254 e. The summed E-state index contributed by atoms with van der Waals surface area (Å²) in [6.07, 6.45) is 2.31. The zero-order valence-electron chi connectivity index (χ0n) is 13.4. The summed E-state index contributed by atoms with van der Waals surface area (Å²) in [6, 6.07) is 7.54. The molecular weight excluding hydrogens is 342 g/mol. The minimum Gasteiger partial charge on any atom is -0.334 e. The summed E-state index contributed by atoms with van der Waals surface area (Å²) in [4.78, 5) is 21.9. The third-order valence-electron chi connectivity index (χ3n) is 5.01. The van der Waals surface area contributed by atoms with Crippen molar-refractivity contribution in [2.75, 3.05) is 19.6 Å². The minimum atomic E-state index is 0.136. The normalized spacial score (nSPS) is 24.1. The Balaban J connectivity index is 1.50. The van der Waals surface area contributed by atoms with Gasteiger partial charge < -0.3 is 4.90 Å². The van der Waals surface area contributed by atoms with Gasteiger partial charge in [-0.05, 0) is 43.0 Å². The van der Waals surface area contributed by atoms with Gasteiger partial charge in [-0.2, -0.15) is 0 Å². The molecule has 126 valence electrons. The Bertz CT molecular complexity index is 704. The summed E-state index contributed by atoms with van der Waals surface area (Å²) >= 11 is 7.58. The van der Waals surface area contributed by atoms with Crippen molar-refractivity contribution >= 4 is 28.8 Å². The Morgan fingerprint density at radius 2 is 2.04 bits per heavy atom. The van der Waals surface area contributed by atoms with Crippen molar-refractivity contribution in [2.24, 2.45) is 5.92 Å². The van der Waals surface area contributed by atoms with Gasteiger partial charge in [0.05, 0.1) is 11.2 Å². The summed E-state index contributed by atoms with van der Waals surface area (Å²) in [5.74, 6) is 0.690. The van der Waals surface area contributed by atoms with Crippen LogP contribution < -0.4 is 0 Å². The molecule has 1 amide bonds. The van der Waals surface area contributed by atoms with Crippen LogP contribution in [-0.4, -0.2) is 46.4 Å². The topological polar surface area (TPSA) is 36.4 Å². The second-order valence-corrected chi connectivity index (χ2v) is 7.89. The van der Waals surface area contributed by atoms with E-state index in [0.29, 0.717) is 17.0 Å². The van der Waals surface area contributed by atoms with E-state index in [2.05, 4.69) is 20.2 Å². The van der Waals surface area contributed by atoms with Crippen LogP contribution in [0.3, 0.4) is 0 Å². The van der Waals surface area contributed by atoms with Crippen LogP contribution >= 0.6 is 22.9 Å². The van der Waals surface area contributed by atoms with E-state index in [9.17, 15) is 4.79 Å². The average Bonchev–Trinajstić information content (AvgIpc) is 2.94. The molecule has 2 aromatic rings. The van der Waals surface area contributed by atoms with Crippen LogP contribution in [0.1, 0.15) is 28.9 Å². The van der Waals surface area contributed by atoms with Gasteiger partial charge in [-0.1, -0.05) is 11.6 Å². The fraction of sp³-hybridized carbons (Fsp3) is 0.444. The molecule has 0 spiro atoms. The maximum atomic E-state index is 12.9. The van der Waals surface area contributed by atoms with E-state index in [1.807, 2.05) is 17.6 Å². The van der Waals surface area contributed by atoms with E-state index in [4.69, 9.17) is 11.6 Å². The van der Waals surface area contributed by atoms with Gasteiger partial charge in [0, 0.05) is 48.2 Å². The van der Waals surface area contributed by atoms with Crippen molar-refractivity contribution < 1.29 is 4.79 Å². The minimum absolute atomic E-state index is 0.136. The monoisotopic (exact) mass is 361 g/mol. The van der Waals surface area contributed by atoms with Crippen molar-refractivity contribution in [3.8, 4) is 0 Å². The summed E-state index contributed by atoms with van der Waals surface area (Å²) in [5.41, 5.74) is 3.76. The van der Waals surface area contributed by atoms with Gasteiger partial charge in [-0.3, -0.25) is 9.69 Å². The highest BCUT2D eigenvalue weighted by Gasteiger charge is 2.37. The van der Waals surface area contributed by atoms with E-state index >= 15 is 0 Å². The van der Waals surface area contributed by atoms with Crippen LogP contribution in [0.5, 0.6) is 0 Å². The van der Waals surface area contributed by atoms with E-state index in [1.54, 1.807) is 23.5 Å². The van der Waals surface area contributed by atoms with Crippen LogP contribution in [0.2, 0.25) is 5.02 Å². The van der Waals surface area contributed by atoms with E-state index < -0.39 is 0 Å². The molecule has 0 unspecified atom stereocenters. The number of benzene rings is 1. The maximum absolute atomic E-state index is 12.9. The van der Waals surface area contributed by atoms with Crippen LogP contribution in [0.15, 0.2) is 35.2 Å². The lowest BCUT2D eigenvalue weighted by Crippen LogP contribution is -2.47. The number of piperidine rings is 1. The van der Waals surface area contributed by atoms with E-state index in [-0.39, 0.29) is 5.91 Å². The highest BCUT2D eigenvalue weighted by Crippen LogP contribution is 2.30. The van der Waals surface area contributed by atoms with Crippen LogP contribution in [0, 0.1) is 5.92 Å². The highest BCUT2D eigenvalue weighted by atomic mass is 35.5. The van der Waals surface area contributed by atoms with Crippen LogP contribution in [0.4, 0.5) is 0 Å². The SMILES string of the molecule is O=C(c1ccc(Cl)cc1)N1C[C@@H]2CC[C@H]1CN(Cc1cscn1)C2. The standard InChI is InChI=1S/C18H20ClN3OS/c19-15-4-2-14(3-5-15)18(23)22-8-13-1-6-17(22)10-21(7-13)9-16-11-24-12-20-16/h2-5,11-13,17H,1,6-10H2/t13-,17+/m1/s1. The van der Waals surface area contributed by atoms with E-state index in [0.717, 1.165) is 43.9 Å². The molecule has 3 saturated heterocycles. The first-order chi connectivity index (χ1) is 11.7. The quantitative estimate of drug-likeness (QED) is 0.839. The number of nitrogens with zero attached hydrogens (tertiary/aromatic N) is 3. The number of rotatable bonds is 3. The number of hydrogen-bond acceptors (Lipinski definition) is 4. The predicted octanol–water partition coefficient (Wildman–Crippen LogP) is 3.53. The van der Waals surface area contributed by atoms with Crippen LogP contribution in [0.25, 0.3) is 0 Å². The number of carbonyl (C=O) groups is 1. The molecule has 2 atom stereocenters. The van der Waals surface area contributed by atoms with Gasteiger partial charge in [0.2, 0.25) is 0 Å². The van der Waals surface area contributed by atoms with Gasteiger partial charge >= 0.3 is 0 Å². The molecule has 1 aromatic heterocycles. The van der Waals surface area contributed by atoms with E-state index in [1.165, 1.54) is 6.42 Å². The number of aromatic nitrogens is 1. The zero-order chi connectivity index (χ0) is 16.5. The van der Waals surface area contributed by atoms with Crippen LogP contribution in [-0.2, 0) is 6.54 Å². The molecular formula is C18H20ClN3OS. The van der Waals surface area contributed by atoms with Crippen molar-refractivity contribution in [3.05, 3.63) is 51.4 Å². The second-order valence-electron chi connectivity index (χ2n) is 6.74. The molecule has 3 aliphatic heterocycles. The Kier molecular flexibility index (Phi) is 4.57. The largest absolute Gasteiger partial charge is 0.334 e. The highest BCUT2D eigenvalue weighted by molar-refractivity contribution is 7.07. The number of fused-ring (bicyclic) bond motifs is 4. The summed E-state index contributed by atoms with van der Waals surface area (Å²) < 4.78 is 0. The predicted molar refractivity (Wildman–Crippen MR) is 96.4 cm³/mol. The number of halogens is 1. The molecule has 0 aliphatic carbocycles. The average molecular weight is 362 g/mol. The number of carbonyl (C=O) groups excluding carboxylic acids is 1. The second kappa shape index (κ2) is 6.82. The molecule has 1 aromatic carbocycles. The van der Waals surface area contributed by atoms with Gasteiger partial charge in [-0.15, -0.1) is 11.3 Å². The molecule has 0 saturated carbocycles. The molecule has 3 aliphatic rings. The number of hydrogen-bond donors (Lipinski definition) is 0. The first kappa shape index (κ1) is 16.1. The molecule has 5 rings (SSSR count). The Labute approximate surface area is 151 Å². The molecule has 2 bridgehead atoms. The molecule has 0 radical (unpaired) electrons. The molecule has 4 heterocycles. The first-order valence-corrected chi connectivity index (χ1v) is 9.67. The molecule has 3 fully saturated rings. The molecule has 4 nitrogen and oxygen atoms in total. The fourth-order valence-corrected chi connectivity index (χ4v) is 4.54. The van der Waals surface area contributed by atoms with Gasteiger partial charge in [0.15, 0.2) is 0 Å². The van der Waals surface area contributed by atoms with Crippen molar-refractivity contribution in [1.29, 1.82) is 0 Å². The number of amides is 1. The first-order valence-electron chi connectivity index (χ1n) is 8.35. The lowest BCUT2D eigenvalue weighted by atomic mass is 9.94. The van der Waals surface area contributed by atoms with Crippen molar-refractivity contribution in [2.45, 2.75) is 25.4 Å².